The minimum atomic E-state index is -0.530. The molecule has 1 aliphatic heterocycles. The number of nitrogens with one attached hydrogen (secondary N) is 1. The Hall–Kier alpha value is -3.55. The Bertz CT molecular complexity index is 1020. The topological polar surface area (TPSA) is 95.1 Å². The zero-order chi connectivity index (χ0) is 19.5. The molecule has 0 saturated carbocycles. The van der Waals surface area contributed by atoms with Gasteiger partial charge in [0.1, 0.15) is 5.69 Å². The number of hydrogen-bond acceptors (Lipinski definition) is 6. The van der Waals surface area contributed by atoms with Crippen LogP contribution in [0.1, 0.15) is 16.1 Å². The largest absolute Gasteiger partial charge is 0.346 e. The van der Waals surface area contributed by atoms with Crippen LogP contribution < -0.4 is 10.6 Å². The molecule has 8 heteroatoms. The van der Waals surface area contributed by atoms with E-state index in [1.807, 2.05) is 36.1 Å². The highest BCUT2D eigenvalue weighted by molar-refractivity contribution is 5.93. The maximum atomic E-state index is 12.9. The van der Waals surface area contributed by atoms with Crippen molar-refractivity contribution in [3.63, 3.8) is 0 Å². The number of rotatable bonds is 3. The third kappa shape index (κ3) is 3.75. The molecule has 0 aliphatic carbocycles. The van der Waals surface area contributed by atoms with Crippen molar-refractivity contribution in [2.24, 2.45) is 0 Å². The number of piperazine rings is 1. The van der Waals surface area contributed by atoms with Gasteiger partial charge in [-0.15, -0.1) is 0 Å². The average molecular weight is 376 g/mol. The first-order chi connectivity index (χ1) is 13.6. The van der Waals surface area contributed by atoms with E-state index in [-0.39, 0.29) is 11.6 Å². The SMILES string of the molecule is Cc1ccc(-c2cc(C(=O)N3CCN(c4ncccn4)CC3)[nH]c(=O)n2)cc1. The molecule has 8 nitrogen and oxygen atoms in total. The van der Waals surface area contributed by atoms with Gasteiger partial charge in [-0.05, 0) is 19.1 Å². The molecule has 142 valence electrons. The lowest BCUT2D eigenvalue weighted by atomic mass is 10.1. The number of carbonyl (C=O) groups is 1. The van der Waals surface area contributed by atoms with E-state index < -0.39 is 5.69 Å². The maximum absolute atomic E-state index is 12.9. The Morgan fingerprint density at radius 3 is 2.39 bits per heavy atom. The average Bonchev–Trinajstić information content (AvgIpc) is 2.74. The summed E-state index contributed by atoms with van der Waals surface area (Å²) in [6.45, 7) is 4.32. The molecule has 4 rings (SSSR count). The van der Waals surface area contributed by atoms with Crippen molar-refractivity contribution >= 4 is 11.9 Å². The Labute approximate surface area is 161 Å². The fourth-order valence-corrected chi connectivity index (χ4v) is 3.18. The van der Waals surface area contributed by atoms with Gasteiger partial charge < -0.3 is 14.8 Å². The van der Waals surface area contributed by atoms with Gasteiger partial charge in [0.25, 0.3) is 5.91 Å². The molecule has 1 N–H and O–H groups in total. The van der Waals surface area contributed by atoms with Crippen LogP contribution in [0.25, 0.3) is 11.3 Å². The fraction of sp³-hybridized carbons (Fsp3) is 0.250. The second-order valence-electron chi connectivity index (χ2n) is 6.68. The first kappa shape index (κ1) is 17.8. The lowest BCUT2D eigenvalue weighted by molar-refractivity contribution is 0.0740. The highest BCUT2D eigenvalue weighted by Gasteiger charge is 2.24. The minimum absolute atomic E-state index is 0.207. The predicted octanol–water partition coefficient (Wildman–Crippen LogP) is 1.50. The Balaban J connectivity index is 1.51. The Kier molecular flexibility index (Phi) is 4.84. The summed E-state index contributed by atoms with van der Waals surface area (Å²) < 4.78 is 0. The molecule has 3 aromatic rings. The van der Waals surface area contributed by atoms with Gasteiger partial charge in [0.15, 0.2) is 0 Å². The normalized spacial score (nSPS) is 14.2. The van der Waals surface area contributed by atoms with Crippen LogP contribution >= 0.6 is 0 Å². The van der Waals surface area contributed by atoms with Crippen LogP contribution in [0, 0.1) is 6.92 Å². The monoisotopic (exact) mass is 376 g/mol. The van der Waals surface area contributed by atoms with Crippen molar-refractivity contribution in [1.82, 2.24) is 24.8 Å². The number of aryl methyl sites for hydroxylation is 1. The van der Waals surface area contributed by atoms with Crippen LogP contribution in [0.5, 0.6) is 0 Å². The molecule has 0 radical (unpaired) electrons. The molecule has 0 bridgehead atoms. The van der Waals surface area contributed by atoms with Crippen LogP contribution in [0.2, 0.25) is 0 Å². The van der Waals surface area contributed by atoms with E-state index in [1.165, 1.54) is 0 Å². The van der Waals surface area contributed by atoms with Gasteiger partial charge in [-0.3, -0.25) is 4.79 Å². The van der Waals surface area contributed by atoms with Crippen LogP contribution in [0.4, 0.5) is 5.95 Å². The molecule has 28 heavy (non-hydrogen) atoms. The molecular weight excluding hydrogens is 356 g/mol. The van der Waals surface area contributed by atoms with E-state index in [2.05, 4.69) is 19.9 Å². The third-order valence-corrected chi connectivity index (χ3v) is 4.72. The number of aromatic amines is 1. The summed E-state index contributed by atoms with van der Waals surface area (Å²) in [5.41, 5.74) is 2.13. The van der Waals surface area contributed by atoms with Gasteiger partial charge in [0.2, 0.25) is 5.95 Å². The molecule has 2 aromatic heterocycles. The van der Waals surface area contributed by atoms with Crippen molar-refractivity contribution in [2.45, 2.75) is 6.92 Å². The summed E-state index contributed by atoms with van der Waals surface area (Å²) in [5, 5.41) is 0. The van der Waals surface area contributed by atoms with E-state index in [4.69, 9.17) is 0 Å². The summed E-state index contributed by atoms with van der Waals surface area (Å²) in [7, 11) is 0. The van der Waals surface area contributed by atoms with Gasteiger partial charge in [-0.1, -0.05) is 29.8 Å². The van der Waals surface area contributed by atoms with Crippen molar-refractivity contribution in [3.05, 3.63) is 70.5 Å². The first-order valence-electron chi connectivity index (χ1n) is 9.10. The number of carbonyl (C=O) groups excluding carboxylic acids is 1. The fourth-order valence-electron chi connectivity index (χ4n) is 3.18. The van der Waals surface area contributed by atoms with Crippen molar-refractivity contribution in [3.8, 4) is 11.3 Å². The predicted molar refractivity (Wildman–Crippen MR) is 105 cm³/mol. The second kappa shape index (κ2) is 7.59. The summed E-state index contributed by atoms with van der Waals surface area (Å²) in [6, 6.07) is 11.1. The quantitative estimate of drug-likeness (QED) is 0.744. The number of anilines is 1. The lowest BCUT2D eigenvalue weighted by Gasteiger charge is -2.34. The molecule has 0 spiro atoms. The number of benzene rings is 1. The minimum Gasteiger partial charge on any atom is -0.337 e. The second-order valence-corrected chi connectivity index (χ2v) is 6.68. The van der Waals surface area contributed by atoms with Gasteiger partial charge in [-0.2, -0.15) is 4.98 Å². The molecule has 1 aliphatic rings. The Morgan fingerprint density at radius 2 is 1.71 bits per heavy atom. The molecule has 1 saturated heterocycles. The van der Waals surface area contributed by atoms with Gasteiger partial charge in [-0.25, -0.2) is 14.8 Å². The van der Waals surface area contributed by atoms with Gasteiger partial charge >= 0.3 is 5.69 Å². The summed E-state index contributed by atoms with van der Waals surface area (Å²) in [4.78, 5) is 43.8. The van der Waals surface area contributed by atoms with E-state index >= 15 is 0 Å². The molecule has 1 aromatic carbocycles. The van der Waals surface area contributed by atoms with E-state index in [0.29, 0.717) is 37.8 Å². The van der Waals surface area contributed by atoms with Crippen LogP contribution in [0.15, 0.2) is 53.6 Å². The van der Waals surface area contributed by atoms with Gasteiger partial charge in [0.05, 0.1) is 5.69 Å². The van der Waals surface area contributed by atoms with Crippen LogP contribution in [-0.4, -0.2) is 56.9 Å². The zero-order valence-corrected chi connectivity index (χ0v) is 15.5. The zero-order valence-electron chi connectivity index (χ0n) is 15.5. The molecule has 1 amide bonds. The van der Waals surface area contributed by atoms with E-state index in [9.17, 15) is 9.59 Å². The number of nitrogens with zero attached hydrogens (tertiary/aromatic N) is 5. The van der Waals surface area contributed by atoms with Crippen LogP contribution in [0.3, 0.4) is 0 Å². The molecule has 3 heterocycles. The summed E-state index contributed by atoms with van der Waals surface area (Å²) >= 11 is 0. The molecule has 0 atom stereocenters. The van der Waals surface area contributed by atoms with Gasteiger partial charge in [0, 0.05) is 44.1 Å². The highest BCUT2D eigenvalue weighted by Crippen LogP contribution is 2.18. The molecule has 1 fully saturated rings. The standard InChI is InChI=1S/C20H20N6O2/c1-14-3-5-15(6-4-14)16-13-17(24-20(28)23-16)18(27)25-9-11-26(12-10-25)19-21-7-2-8-22-19/h2-8,13H,9-12H2,1H3,(H,23,24,28). The van der Waals surface area contributed by atoms with E-state index in [1.54, 1.807) is 29.4 Å². The smallest absolute Gasteiger partial charge is 0.337 e. The molecular formula is C20H20N6O2. The first-order valence-corrected chi connectivity index (χ1v) is 9.10. The third-order valence-electron chi connectivity index (χ3n) is 4.72. The summed E-state index contributed by atoms with van der Waals surface area (Å²) in [5.74, 6) is 0.454. The van der Waals surface area contributed by atoms with Crippen molar-refractivity contribution in [2.75, 3.05) is 31.1 Å². The van der Waals surface area contributed by atoms with Crippen molar-refractivity contribution in [1.29, 1.82) is 0 Å². The van der Waals surface area contributed by atoms with Crippen molar-refractivity contribution < 1.29 is 4.79 Å². The number of amides is 1. The lowest BCUT2D eigenvalue weighted by Crippen LogP contribution is -2.49. The number of hydrogen-bond donors (Lipinski definition) is 1. The summed E-state index contributed by atoms with van der Waals surface area (Å²) in [6.07, 6.45) is 3.41. The van der Waals surface area contributed by atoms with E-state index in [0.717, 1.165) is 11.1 Å². The number of aromatic nitrogens is 4. The van der Waals surface area contributed by atoms with Crippen LogP contribution in [-0.2, 0) is 0 Å². The molecule has 0 unspecified atom stereocenters. The number of H-pyrrole nitrogens is 1. The maximum Gasteiger partial charge on any atom is 0.346 e. The highest BCUT2D eigenvalue weighted by atomic mass is 16.2. The Morgan fingerprint density at radius 1 is 1.04 bits per heavy atom.